The van der Waals surface area contributed by atoms with Crippen LogP contribution in [-0.4, -0.2) is 70.7 Å². The van der Waals surface area contributed by atoms with Gasteiger partial charge in [0, 0.05) is 34.1 Å². The van der Waals surface area contributed by atoms with Crippen molar-refractivity contribution in [2.75, 3.05) is 24.7 Å². The maximum absolute atomic E-state index is 13.1. The minimum Gasteiger partial charge on any atom is -0.403 e. The Morgan fingerprint density at radius 2 is 1.08 bits per heavy atom. The highest BCUT2D eigenvalue weighted by atomic mass is 33.1. The first-order chi connectivity index (χ1) is 33.3. The minimum absolute atomic E-state index is 0.0432. The van der Waals surface area contributed by atoms with Gasteiger partial charge in [-0.25, -0.2) is 4.57 Å². The van der Waals surface area contributed by atoms with Crippen LogP contribution in [0.5, 0.6) is 0 Å². The molecule has 0 spiro atoms. The predicted molar refractivity (Wildman–Crippen MR) is 279 cm³/mol. The maximum Gasteiger partial charge on any atom is 0.434 e. The van der Waals surface area contributed by atoms with E-state index in [0.29, 0.717) is 31.0 Å². The van der Waals surface area contributed by atoms with Crippen LogP contribution in [0.3, 0.4) is 0 Å². The van der Waals surface area contributed by atoms with Crippen LogP contribution in [0.15, 0.2) is 100.0 Å². The van der Waals surface area contributed by atoms with Crippen molar-refractivity contribution in [3.63, 3.8) is 0 Å². The molecular formula is C46H66N5O15P3S2. The van der Waals surface area contributed by atoms with E-state index in [2.05, 4.69) is 37.9 Å². The van der Waals surface area contributed by atoms with E-state index < -0.39 is 54.5 Å². The summed E-state index contributed by atoms with van der Waals surface area (Å²) in [6.07, 6.45) is 3.95. The van der Waals surface area contributed by atoms with Gasteiger partial charge in [-0.1, -0.05) is 150 Å². The highest BCUT2D eigenvalue weighted by molar-refractivity contribution is 8.77. The average molecular weight is 1090 g/mol. The summed E-state index contributed by atoms with van der Waals surface area (Å²) in [5, 5.41) is 32.0. The molecule has 0 amide bonds. The zero-order valence-corrected chi connectivity index (χ0v) is 46.1. The molecule has 0 aliphatic heterocycles. The van der Waals surface area contributed by atoms with Gasteiger partial charge in [-0.05, 0) is 41.0 Å². The summed E-state index contributed by atoms with van der Waals surface area (Å²) >= 11 is 0. The van der Waals surface area contributed by atoms with E-state index in [9.17, 15) is 44.0 Å². The summed E-state index contributed by atoms with van der Waals surface area (Å²) in [6.45, 7) is 17.6. The van der Waals surface area contributed by atoms with Crippen molar-refractivity contribution in [2.45, 2.75) is 117 Å². The molecule has 0 bridgehead atoms. The Kier molecular flexibility index (Phi) is 24.7. The third-order valence-corrected chi connectivity index (χ3v) is 21.8. The Bertz CT molecular complexity index is 2520. The number of nitrogens with zero attached hydrogens (tertiary/aromatic N) is 5. The van der Waals surface area contributed by atoms with Gasteiger partial charge in [-0.15, -0.1) is 0 Å². The van der Waals surface area contributed by atoms with E-state index in [1.165, 1.54) is 28.5 Å². The summed E-state index contributed by atoms with van der Waals surface area (Å²) in [5.41, 5.74) is 2.30. The Balaban J connectivity index is 0.000000282. The van der Waals surface area contributed by atoms with Crippen molar-refractivity contribution in [1.29, 1.82) is 0 Å². The molecular weight excluding hydrogens is 1020 g/mol. The van der Waals surface area contributed by atoms with Gasteiger partial charge < -0.3 is 37.0 Å². The first-order valence-corrected chi connectivity index (χ1v) is 30.3. The zero-order chi connectivity index (χ0) is 53.0. The first-order valence-electron chi connectivity index (χ1n) is 22.6. The SMILES string of the molecule is CC(C)P(=O)(CCc1ccccc1)OCCSSC(C)(C)C.CC(C)P(=O)(CCc1ccccc1)OCc1cnc([N+](=O)[O-])n1C.CC(C)P(=O)(OCc1ccc([N+](=O)[O-])o1)OCc1ccc([N+](=O)[O-])o1. The van der Waals surface area contributed by atoms with E-state index in [1.54, 1.807) is 31.7 Å². The Morgan fingerprint density at radius 1 is 0.634 bits per heavy atom. The van der Waals surface area contributed by atoms with Crippen LogP contribution in [0.25, 0.3) is 0 Å². The molecule has 5 aromatic rings. The molecule has 0 aliphatic carbocycles. The zero-order valence-electron chi connectivity index (χ0n) is 41.8. The molecule has 0 aliphatic rings. The van der Waals surface area contributed by atoms with Gasteiger partial charge in [0.2, 0.25) is 14.7 Å². The van der Waals surface area contributed by atoms with Crippen molar-refractivity contribution in [2.24, 2.45) is 7.05 Å². The van der Waals surface area contributed by atoms with Crippen molar-refractivity contribution < 1.29 is 55.4 Å². The summed E-state index contributed by atoms with van der Waals surface area (Å²) < 4.78 is 72.5. The molecule has 20 nitrogen and oxygen atoms in total. The van der Waals surface area contributed by atoms with Crippen molar-refractivity contribution in [3.8, 4) is 0 Å². The molecule has 392 valence electrons. The van der Waals surface area contributed by atoms with Gasteiger partial charge >= 0.3 is 25.3 Å². The lowest BCUT2D eigenvalue weighted by atomic mass is 10.2. The van der Waals surface area contributed by atoms with Crippen molar-refractivity contribution in [1.82, 2.24) is 9.55 Å². The third kappa shape index (κ3) is 21.0. The Labute approximate surface area is 423 Å². The lowest BCUT2D eigenvalue weighted by molar-refractivity contribution is -0.402. The molecule has 2 unspecified atom stereocenters. The van der Waals surface area contributed by atoms with Gasteiger partial charge in [-0.2, -0.15) is 0 Å². The Hall–Kier alpha value is -4.36. The third-order valence-electron chi connectivity index (χ3n) is 10.2. The number of imidazole rings is 1. The molecule has 0 saturated carbocycles. The summed E-state index contributed by atoms with van der Waals surface area (Å²) in [6, 6.07) is 25.0. The van der Waals surface area contributed by atoms with Crippen LogP contribution in [0.1, 0.15) is 90.7 Å². The number of nitro groups is 3. The fourth-order valence-electron chi connectivity index (χ4n) is 5.89. The van der Waals surface area contributed by atoms with Crippen molar-refractivity contribution >= 4 is 61.6 Å². The smallest absolute Gasteiger partial charge is 0.403 e. The van der Waals surface area contributed by atoms with E-state index in [4.69, 9.17) is 26.9 Å². The lowest BCUT2D eigenvalue weighted by Crippen LogP contribution is -2.10. The number of rotatable bonds is 26. The monoisotopic (exact) mass is 1090 g/mol. The van der Waals surface area contributed by atoms with Crippen LogP contribution in [-0.2, 0) is 71.5 Å². The van der Waals surface area contributed by atoms with Gasteiger partial charge in [0.15, 0.2) is 0 Å². The Morgan fingerprint density at radius 3 is 1.45 bits per heavy atom. The maximum atomic E-state index is 13.1. The van der Waals surface area contributed by atoms with E-state index in [0.717, 1.165) is 29.9 Å². The normalized spacial score (nSPS) is 13.5. The molecule has 2 aromatic carbocycles. The second kappa shape index (κ2) is 28.8. The highest BCUT2D eigenvalue weighted by Gasteiger charge is 2.32. The minimum atomic E-state index is -3.61. The second-order valence-corrected chi connectivity index (χ2v) is 30.0. The standard InChI is InChI=1S/C17H29O2PS2.C16H22N3O4P.C13H15N2O9P/c1-15(2)20(18,13-11-16-9-7-6-8-10-16)19-12-14-21-22-17(3,4)5;1-13(2)24(22,10-9-14-7-5-4-6-8-14)23-12-15-11-17-16(18(15)3)19(20)21;1-9(2)25(20,21-7-10-3-5-12(23-10)14(16)17)22-8-11-4-6-13(24-11)15(18)19/h6-10,15H,11-14H2,1-5H3;4-8,11,13H,9-10,12H2,1-3H3;3-6,9H,7-8H2,1-2H3. The number of benzene rings is 2. The quantitative estimate of drug-likeness (QED) is 0.0164. The van der Waals surface area contributed by atoms with Gasteiger partial charge in [0.1, 0.15) is 53.1 Å². The van der Waals surface area contributed by atoms with Crippen LogP contribution in [0.2, 0.25) is 0 Å². The highest BCUT2D eigenvalue weighted by Crippen LogP contribution is 2.55. The molecule has 5 rings (SSSR count). The summed E-state index contributed by atoms with van der Waals surface area (Å²) in [5.74, 6) is -0.0558. The second-order valence-electron chi connectivity index (χ2n) is 17.7. The van der Waals surface area contributed by atoms with E-state index in [1.807, 2.05) is 87.0 Å². The fraction of sp³-hybridized carbons (Fsp3) is 0.500. The van der Waals surface area contributed by atoms with Gasteiger partial charge in [0.05, 0.1) is 31.4 Å². The van der Waals surface area contributed by atoms with Crippen LogP contribution >= 0.6 is 43.9 Å². The largest absolute Gasteiger partial charge is 0.434 e. The number of hydrogen-bond donors (Lipinski definition) is 0. The molecule has 2 atom stereocenters. The van der Waals surface area contributed by atoms with E-state index in [-0.39, 0.29) is 53.4 Å². The molecule has 0 saturated heterocycles. The first kappa shape index (κ1) is 60.9. The molecule has 71 heavy (non-hydrogen) atoms. The van der Waals surface area contributed by atoms with Crippen molar-refractivity contribution in [3.05, 3.63) is 150 Å². The van der Waals surface area contributed by atoms with E-state index >= 15 is 0 Å². The fourth-order valence-corrected chi connectivity index (χ4v) is 13.2. The molecule has 0 radical (unpaired) electrons. The summed E-state index contributed by atoms with van der Waals surface area (Å²) in [4.78, 5) is 33.8. The van der Waals surface area contributed by atoms with Gasteiger partial charge in [0.25, 0.3) is 0 Å². The predicted octanol–water partition coefficient (Wildman–Crippen LogP) is 13.9. The number of aromatic nitrogens is 2. The molecule has 25 heteroatoms. The van der Waals surface area contributed by atoms with Crippen LogP contribution < -0.4 is 0 Å². The van der Waals surface area contributed by atoms with Gasteiger partial charge in [-0.3, -0.25) is 33.9 Å². The number of furan rings is 2. The molecule has 3 aromatic heterocycles. The molecule has 0 N–H and O–H groups in total. The molecule has 0 fully saturated rings. The summed E-state index contributed by atoms with van der Waals surface area (Å²) in [7, 11) is -3.84. The lowest BCUT2D eigenvalue weighted by Gasteiger charge is -2.23. The van der Waals surface area contributed by atoms with Crippen LogP contribution in [0.4, 0.5) is 17.7 Å². The number of hydrogen-bond acceptors (Lipinski definition) is 18. The topological polar surface area (TPSA) is 262 Å². The van der Waals surface area contributed by atoms with Crippen LogP contribution in [0, 0.1) is 30.3 Å². The number of aryl methyl sites for hydroxylation is 2. The average Bonchev–Trinajstić information content (AvgIpc) is 4.09. The molecule has 3 heterocycles.